The van der Waals surface area contributed by atoms with Crippen molar-refractivity contribution in [2.45, 2.75) is 39.7 Å². The summed E-state index contributed by atoms with van der Waals surface area (Å²) < 4.78 is 0. The molecule has 0 bridgehead atoms. The molecule has 0 aliphatic heterocycles. The van der Waals surface area contributed by atoms with Gasteiger partial charge in [0.05, 0.1) is 0 Å². The third-order valence-electron chi connectivity index (χ3n) is 3.20. The number of anilines is 1. The molecule has 0 saturated heterocycles. The maximum atomic E-state index is 5.67. The quantitative estimate of drug-likeness (QED) is 0.622. The molecular formula is C15H27N3. The average Bonchev–Trinajstić information content (AvgIpc) is 2.29. The zero-order valence-corrected chi connectivity index (χ0v) is 12.3. The summed E-state index contributed by atoms with van der Waals surface area (Å²) in [6.45, 7) is 6.78. The largest absolute Gasteiger partial charge is 0.378 e. The lowest BCUT2D eigenvalue weighted by Crippen LogP contribution is -2.29. The maximum Gasteiger partial charge on any atom is 0.0460 e. The van der Waals surface area contributed by atoms with Crippen molar-refractivity contribution in [2.24, 2.45) is 11.3 Å². The van der Waals surface area contributed by atoms with Crippen LogP contribution in [-0.4, -0.2) is 14.1 Å². The molecule has 0 fully saturated rings. The van der Waals surface area contributed by atoms with Gasteiger partial charge in [-0.3, -0.25) is 11.3 Å². The van der Waals surface area contributed by atoms with E-state index in [9.17, 15) is 0 Å². The molecule has 102 valence electrons. The van der Waals surface area contributed by atoms with E-state index < -0.39 is 0 Å². The molecule has 3 nitrogen and oxygen atoms in total. The predicted octanol–water partition coefficient (Wildman–Crippen LogP) is 3.08. The minimum atomic E-state index is 0.237. The number of nitrogens with one attached hydrogen (secondary N) is 1. The number of nitrogens with two attached hydrogens (primary N) is 1. The van der Waals surface area contributed by atoms with Crippen LogP contribution >= 0.6 is 0 Å². The van der Waals surface area contributed by atoms with Crippen molar-refractivity contribution in [3.63, 3.8) is 0 Å². The Bertz CT molecular complexity index is 349. The van der Waals surface area contributed by atoms with Crippen LogP contribution in [0.5, 0.6) is 0 Å². The number of hydrogen-bond donors (Lipinski definition) is 2. The van der Waals surface area contributed by atoms with Crippen LogP contribution in [0.2, 0.25) is 0 Å². The Morgan fingerprint density at radius 3 is 2.11 bits per heavy atom. The fourth-order valence-corrected chi connectivity index (χ4v) is 1.93. The Morgan fingerprint density at radius 1 is 1.17 bits per heavy atom. The molecule has 0 aliphatic carbocycles. The van der Waals surface area contributed by atoms with E-state index in [1.54, 1.807) is 0 Å². The SMILES string of the molecule is CN(C)c1ccc(C(CCC(C)(C)C)NN)cc1. The highest BCUT2D eigenvalue weighted by Gasteiger charge is 2.15. The van der Waals surface area contributed by atoms with E-state index in [1.165, 1.54) is 11.3 Å². The number of nitrogens with zero attached hydrogens (tertiary/aromatic N) is 1. The van der Waals surface area contributed by atoms with E-state index in [4.69, 9.17) is 5.84 Å². The smallest absolute Gasteiger partial charge is 0.0460 e. The van der Waals surface area contributed by atoms with E-state index in [-0.39, 0.29) is 6.04 Å². The molecule has 3 heteroatoms. The van der Waals surface area contributed by atoms with Gasteiger partial charge in [-0.1, -0.05) is 32.9 Å². The van der Waals surface area contributed by atoms with Crippen molar-refractivity contribution in [1.29, 1.82) is 0 Å². The van der Waals surface area contributed by atoms with Crippen LogP contribution in [0.4, 0.5) is 5.69 Å². The first-order valence-corrected chi connectivity index (χ1v) is 6.57. The summed E-state index contributed by atoms with van der Waals surface area (Å²) in [5, 5.41) is 0. The number of hydrogen-bond acceptors (Lipinski definition) is 3. The van der Waals surface area contributed by atoms with E-state index in [0.29, 0.717) is 5.41 Å². The van der Waals surface area contributed by atoms with Crippen molar-refractivity contribution >= 4 is 5.69 Å². The first kappa shape index (κ1) is 15.0. The molecule has 0 aromatic heterocycles. The van der Waals surface area contributed by atoms with Crippen LogP contribution in [0.15, 0.2) is 24.3 Å². The van der Waals surface area contributed by atoms with Gasteiger partial charge in [0.25, 0.3) is 0 Å². The number of hydrazine groups is 1. The maximum absolute atomic E-state index is 5.67. The van der Waals surface area contributed by atoms with E-state index >= 15 is 0 Å². The van der Waals surface area contributed by atoms with Gasteiger partial charge < -0.3 is 4.90 Å². The summed E-state index contributed by atoms with van der Waals surface area (Å²) in [7, 11) is 4.10. The molecule has 0 spiro atoms. The highest BCUT2D eigenvalue weighted by Crippen LogP contribution is 2.27. The molecule has 0 amide bonds. The van der Waals surface area contributed by atoms with Gasteiger partial charge in [-0.15, -0.1) is 0 Å². The molecule has 1 rings (SSSR count). The first-order valence-electron chi connectivity index (χ1n) is 6.57. The van der Waals surface area contributed by atoms with E-state index in [0.717, 1.165) is 12.8 Å². The summed E-state index contributed by atoms with van der Waals surface area (Å²) >= 11 is 0. The van der Waals surface area contributed by atoms with Crippen molar-refractivity contribution in [3.05, 3.63) is 29.8 Å². The normalized spacial score (nSPS) is 13.4. The van der Waals surface area contributed by atoms with Crippen LogP contribution in [0.25, 0.3) is 0 Å². The Balaban J connectivity index is 2.70. The summed E-state index contributed by atoms with van der Waals surface area (Å²) in [6, 6.07) is 8.82. The molecule has 3 N–H and O–H groups in total. The number of rotatable bonds is 5. The molecule has 0 heterocycles. The molecule has 0 aliphatic rings. The Morgan fingerprint density at radius 2 is 1.72 bits per heavy atom. The summed E-state index contributed by atoms with van der Waals surface area (Å²) in [6.07, 6.45) is 2.21. The second kappa shape index (κ2) is 6.21. The van der Waals surface area contributed by atoms with Gasteiger partial charge in [-0.2, -0.15) is 0 Å². The van der Waals surface area contributed by atoms with Gasteiger partial charge in [-0.25, -0.2) is 0 Å². The molecule has 18 heavy (non-hydrogen) atoms. The molecule has 1 atom stereocenters. The Labute approximate surface area is 111 Å². The van der Waals surface area contributed by atoms with Crippen LogP contribution in [0.1, 0.15) is 45.2 Å². The van der Waals surface area contributed by atoms with Gasteiger partial charge >= 0.3 is 0 Å². The molecule has 0 radical (unpaired) electrons. The minimum Gasteiger partial charge on any atom is -0.378 e. The highest BCUT2D eigenvalue weighted by atomic mass is 15.2. The standard InChI is InChI=1S/C15H27N3/c1-15(2,3)11-10-14(17-16)12-6-8-13(9-7-12)18(4)5/h6-9,14,17H,10-11,16H2,1-5H3. The van der Waals surface area contributed by atoms with Crippen molar-refractivity contribution in [1.82, 2.24) is 5.43 Å². The van der Waals surface area contributed by atoms with Crippen LogP contribution in [-0.2, 0) is 0 Å². The summed E-state index contributed by atoms with van der Waals surface area (Å²) in [5.74, 6) is 5.67. The average molecular weight is 249 g/mol. The van der Waals surface area contributed by atoms with Gasteiger partial charge in [0.1, 0.15) is 0 Å². The van der Waals surface area contributed by atoms with Crippen molar-refractivity contribution in [2.75, 3.05) is 19.0 Å². The summed E-state index contributed by atoms with van der Waals surface area (Å²) in [5.41, 5.74) is 5.74. The van der Waals surface area contributed by atoms with Gasteiger partial charge in [0, 0.05) is 25.8 Å². The molecule has 1 aromatic rings. The van der Waals surface area contributed by atoms with E-state index in [2.05, 4.69) is 55.4 Å². The molecular weight excluding hydrogens is 222 g/mol. The van der Waals surface area contributed by atoms with Crippen molar-refractivity contribution in [3.8, 4) is 0 Å². The van der Waals surface area contributed by atoms with Crippen LogP contribution in [0.3, 0.4) is 0 Å². The molecule has 1 aromatic carbocycles. The zero-order valence-electron chi connectivity index (χ0n) is 12.3. The second-order valence-electron chi connectivity index (χ2n) is 6.30. The van der Waals surface area contributed by atoms with E-state index in [1.807, 2.05) is 14.1 Å². The van der Waals surface area contributed by atoms with Gasteiger partial charge in [-0.05, 0) is 36.0 Å². The lowest BCUT2D eigenvalue weighted by Gasteiger charge is -2.23. The van der Waals surface area contributed by atoms with Gasteiger partial charge in [0.2, 0.25) is 0 Å². The fourth-order valence-electron chi connectivity index (χ4n) is 1.93. The summed E-state index contributed by atoms with van der Waals surface area (Å²) in [4.78, 5) is 2.10. The second-order valence-corrected chi connectivity index (χ2v) is 6.30. The highest BCUT2D eigenvalue weighted by molar-refractivity contribution is 5.46. The first-order chi connectivity index (χ1) is 8.33. The van der Waals surface area contributed by atoms with Crippen LogP contribution in [0, 0.1) is 5.41 Å². The monoisotopic (exact) mass is 249 g/mol. The molecule has 0 saturated carbocycles. The Kier molecular flexibility index (Phi) is 5.17. The molecule has 1 unspecified atom stereocenters. The number of benzene rings is 1. The van der Waals surface area contributed by atoms with Gasteiger partial charge in [0.15, 0.2) is 0 Å². The van der Waals surface area contributed by atoms with Crippen molar-refractivity contribution < 1.29 is 0 Å². The third kappa shape index (κ3) is 4.67. The lowest BCUT2D eigenvalue weighted by molar-refractivity contribution is 0.333. The Hall–Kier alpha value is -1.06. The third-order valence-corrected chi connectivity index (χ3v) is 3.20. The fraction of sp³-hybridized carbons (Fsp3) is 0.600. The van der Waals surface area contributed by atoms with Crippen LogP contribution < -0.4 is 16.2 Å². The lowest BCUT2D eigenvalue weighted by atomic mass is 9.87. The predicted molar refractivity (Wildman–Crippen MR) is 79.5 cm³/mol. The zero-order chi connectivity index (χ0) is 13.8. The minimum absolute atomic E-state index is 0.237. The topological polar surface area (TPSA) is 41.3 Å².